The maximum absolute atomic E-state index is 11.5. The number of hydrogen-bond donors (Lipinski definition) is 0. The first kappa shape index (κ1) is 14.1. The van der Waals surface area contributed by atoms with Gasteiger partial charge in [-0.05, 0) is 23.3 Å². The maximum atomic E-state index is 11.5. The van der Waals surface area contributed by atoms with Crippen molar-refractivity contribution in [3.8, 4) is 0 Å². The Bertz CT molecular complexity index is 416. The van der Waals surface area contributed by atoms with Crippen molar-refractivity contribution in [1.29, 1.82) is 0 Å². The van der Waals surface area contributed by atoms with Crippen LogP contribution in [-0.2, 0) is 9.53 Å². The molecule has 0 aliphatic heterocycles. The van der Waals surface area contributed by atoms with Crippen LogP contribution in [0.15, 0.2) is 12.5 Å². The van der Waals surface area contributed by atoms with Crippen molar-refractivity contribution in [2.45, 2.75) is 45.8 Å². The van der Waals surface area contributed by atoms with Crippen LogP contribution in [0.3, 0.4) is 0 Å². The molecule has 1 aromatic heterocycles. The van der Waals surface area contributed by atoms with Gasteiger partial charge in [-0.1, -0.05) is 19.8 Å². The fourth-order valence-electron chi connectivity index (χ4n) is 1.45. The van der Waals surface area contributed by atoms with Gasteiger partial charge in [-0.25, -0.2) is 0 Å². The van der Waals surface area contributed by atoms with Crippen LogP contribution >= 0.6 is 0 Å². The predicted octanol–water partition coefficient (Wildman–Crippen LogP) is 2.43. The number of nitrogens with zero attached hydrogens (tertiary/aromatic N) is 3. The second-order valence-electron chi connectivity index (χ2n) is 3.98. The highest BCUT2D eigenvalue weighted by Crippen LogP contribution is 2.14. The second-order valence-corrected chi connectivity index (χ2v) is 3.98. The molecule has 0 radical (unpaired) electrons. The first-order chi connectivity index (χ1) is 8.54. The summed E-state index contributed by atoms with van der Waals surface area (Å²) in [5, 5.41) is 10.5. The Labute approximate surface area is 105 Å². The molecule has 100 valence electrons. The van der Waals surface area contributed by atoms with Crippen molar-refractivity contribution in [1.82, 2.24) is 9.55 Å². The van der Waals surface area contributed by atoms with Gasteiger partial charge >= 0.3 is 11.8 Å². The summed E-state index contributed by atoms with van der Waals surface area (Å²) in [6.07, 6.45) is 5.13. The standard InChI is InChI=1S/C11H17N3O4/c1-3-4-5-6-11(15)18-9(2)13-7-10(12-8-13)14(16)17/h7-9H,3-6H2,1-2H3. The summed E-state index contributed by atoms with van der Waals surface area (Å²) in [6.45, 7) is 3.70. The third-order valence-electron chi connectivity index (χ3n) is 2.48. The normalized spacial score (nSPS) is 12.1. The van der Waals surface area contributed by atoms with Crippen molar-refractivity contribution in [3.63, 3.8) is 0 Å². The highest BCUT2D eigenvalue weighted by molar-refractivity contribution is 5.69. The van der Waals surface area contributed by atoms with E-state index in [0.717, 1.165) is 19.3 Å². The molecule has 0 bridgehead atoms. The lowest BCUT2D eigenvalue weighted by Crippen LogP contribution is -2.13. The number of nitro groups is 1. The molecule has 0 aliphatic rings. The molecule has 0 aromatic carbocycles. The summed E-state index contributed by atoms with van der Waals surface area (Å²) in [6, 6.07) is 0. The van der Waals surface area contributed by atoms with Gasteiger partial charge in [0.2, 0.25) is 6.33 Å². The van der Waals surface area contributed by atoms with Gasteiger partial charge < -0.3 is 14.9 Å². The van der Waals surface area contributed by atoms with E-state index in [2.05, 4.69) is 11.9 Å². The summed E-state index contributed by atoms with van der Waals surface area (Å²) >= 11 is 0. The Hall–Kier alpha value is -1.92. The molecule has 0 amide bonds. The minimum absolute atomic E-state index is 0.260. The quantitative estimate of drug-likeness (QED) is 0.323. The van der Waals surface area contributed by atoms with Gasteiger partial charge in [-0.3, -0.25) is 9.36 Å². The minimum atomic E-state index is -0.591. The van der Waals surface area contributed by atoms with Crippen LogP contribution < -0.4 is 0 Å². The van der Waals surface area contributed by atoms with E-state index in [9.17, 15) is 14.9 Å². The second kappa shape index (κ2) is 6.73. The average molecular weight is 255 g/mol. The number of carbonyl (C=O) groups is 1. The maximum Gasteiger partial charge on any atom is 0.381 e. The van der Waals surface area contributed by atoms with E-state index in [1.807, 2.05) is 0 Å². The van der Waals surface area contributed by atoms with Gasteiger partial charge in [0, 0.05) is 6.42 Å². The molecule has 0 aliphatic carbocycles. The molecule has 7 heteroatoms. The van der Waals surface area contributed by atoms with Crippen molar-refractivity contribution in [3.05, 3.63) is 22.6 Å². The van der Waals surface area contributed by atoms with Gasteiger partial charge in [0.1, 0.15) is 6.20 Å². The summed E-state index contributed by atoms with van der Waals surface area (Å²) in [7, 11) is 0. The van der Waals surface area contributed by atoms with Gasteiger partial charge in [-0.15, -0.1) is 0 Å². The van der Waals surface area contributed by atoms with E-state index in [1.54, 1.807) is 6.92 Å². The summed E-state index contributed by atoms with van der Waals surface area (Å²) in [5.41, 5.74) is 0. The molecule has 0 N–H and O–H groups in total. The zero-order valence-corrected chi connectivity index (χ0v) is 10.5. The number of esters is 1. The van der Waals surface area contributed by atoms with Crippen LogP contribution in [0.5, 0.6) is 0 Å². The van der Waals surface area contributed by atoms with Crippen molar-refractivity contribution in [2.24, 2.45) is 0 Å². The highest BCUT2D eigenvalue weighted by atomic mass is 16.6. The SMILES string of the molecule is CCCCCC(=O)OC(C)n1cnc([N+](=O)[O-])c1. The Morgan fingerprint density at radius 1 is 1.61 bits per heavy atom. The zero-order chi connectivity index (χ0) is 13.5. The third kappa shape index (κ3) is 4.15. The molecule has 7 nitrogen and oxygen atoms in total. The van der Waals surface area contributed by atoms with Crippen LogP contribution in [-0.4, -0.2) is 20.4 Å². The average Bonchev–Trinajstić information content (AvgIpc) is 2.78. The molecule has 1 unspecified atom stereocenters. The Morgan fingerprint density at radius 3 is 2.89 bits per heavy atom. The lowest BCUT2D eigenvalue weighted by Gasteiger charge is -2.12. The Morgan fingerprint density at radius 2 is 2.33 bits per heavy atom. The summed E-state index contributed by atoms with van der Waals surface area (Å²) in [4.78, 5) is 24.9. The van der Waals surface area contributed by atoms with Gasteiger partial charge in [0.15, 0.2) is 6.23 Å². The van der Waals surface area contributed by atoms with E-state index in [4.69, 9.17) is 4.74 Å². The molecule has 0 spiro atoms. The number of unbranched alkanes of at least 4 members (excludes halogenated alkanes) is 2. The minimum Gasteiger partial charge on any atom is -0.441 e. The van der Waals surface area contributed by atoms with Gasteiger partial charge in [0.25, 0.3) is 0 Å². The number of rotatable bonds is 7. The van der Waals surface area contributed by atoms with Gasteiger partial charge in [0.05, 0.1) is 0 Å². The van der Waals surface area contributed by atoms with E-state index in [1.165, 1.54) is 17.1 Å². The zero-order valence-electron chi connectivity index (χ0n) is 10.5. The molecular weight excluding hydrogens is 238 g/mol. The molecule has 1 aromatic rings. The topological polar surface area (TPSA) is 87.3 Å². The molecule has 1 rings (SSSR count). The fourth-order valence-corrected chi connectivity index (χ4v) is 1.45. The van der Waals surface area contributed by atoms with Crippen LogP contribution in [0.4, 0.5) is 5.82 Å². The number of imidazole rings is 1. The highest BCUT2D eigenvalue weighted by Gasteiger charge is 2.16. The number of ether oxygens (including phenoxy) is 1. The van der Waals surface area contributed by atoms with Gasteiger partial charge in [-0.2, -0.15) is 0 Å². The molecule has 1 heterocycles. The smallest absolute Gasteiger partial charge is 0.381 e. The lowest BCUT2D eigenvalue weighted by atomic mass is 10.2. The van der Waals surface area contributed by atoms with Crippen molar-refractivity contribution in [2.75, 3.05) is 0 Å². The molecule has 0 fully saturated rings. The monoisotopic (exact) mass is 255 g/mol. The first-order valence-electron chi connectivity index (χ1n) is 5.92. The summed E-state index contributed by atoms with van der Waals surface area (Å²) < 4.78 is 6.54. The molecular formula is C11H17N3O4. The van der Waals surface area contributed by atoms with Crippen LogP contribution in [0.2, 0.25) is 0 Å². The van der Waals surface area contributed by atoms with E-state index in [-0.39, 0.29) is 11.8 Å². The molecule has 1 atom stereocenters. The Balaban J connectivity index is 2.46. The largest absolute Gasteiger partial charge is 0.441 e. The number of carbonyl (C=O) groups excluding carboxylic acids is 1. The molecule has 0 saturated carbocycles. The summed E-state index contributed by atoms with van der Waals surface area (Å²) in [5.74, 6) is -0.559. The number of hydrogen-bond acceptors (Lipinski definition) is 5. The van der Waals surface area contributed by atoms with Crippen LogP contribution in [0.25, 0.3) is 0 Å². The van der Waals surface area contributed by atoms with E-state index >= 15 is 0 Å². The Kier molecular flexibility index (Phi) is 5.29. The number of aromatic nitrogens is 2. The molecule has 0 saturated heterocycles. The van der Waals surface area contributed by atoms with Crippen molar-refractivity contribution < 1.29 is 14.5 Å². The van der Waals surface area contributed by atoms with Crippen LogP contribution in [0.1, 0.15) is 45.8 Å². The first-order valence-corrected chi connectivity index (χ1v) is 5.92. The van der Waals surface area contributed by atoms with E-state index in [0.29, 0.717) is 6.42 Å². The predicted molar refractivity (Wildman–Crippen MR) is 63.8 cm³/mol. The van der Waals surface area contributed by atoms with Crippen LogP contribution in [0, 0.1) is 10.1 Å². The molecule has 18 heavy (non-hydrogen) atoms. The fraction of sp³-hybridized carbons (Fsp3) is 0.636. The lowest BCUT2D eigenvalue weighted by molar-refractivity contribution is -0.389. The van der Waals surface area contributed by atoms with E-state index < -0.39 is 11.2 Å². The van der Waals surface area contributed by atoms with Crippen molar-refractivity contribution >= 4 is 11.8 Å². The third-order valence-corrected chi connectivity index (χ3v) is 2.48.